The number of aliphatic hydroxyl groups excluding tert-OH is 1. The molecule has 0 radical (unpaired) electrons. The van der Waals surface area contributed by atoms with Gasteiger partial charge in [0, 0.05) is 43.2 Å². The summed E-state index contributed by atoms with van der Waals surface area (Å²) in [5.41, 5.74) is -0.0675. The number of aromatic nitrogens is 2. The van der Waals surface area contributed by atoms with Crippen LogP contribution >= 0.6 is 0 Å². The maximum Gasteiger partial charge on any atom is 0.407 e. The number of carboxylic acid groups (broad SMARTS) is 1. The Bertz CT molecular complexity index is 1250. The minimum atomic E-state index is -1.10. The summed E-state index contributed by atoms with van der Waals surface area (Å²) in [7, 11) is 0. The third-order valence-electron chi connectivity index (χ3n) is 8.08. The number of carbonyl (C=O) groups excluding carboxylic acids is 2. The molecule has 0 unspecified atom stereocenters. The van der Waals surface area contributed by atoms with Crippen LogP contribution in [-0.2, 0) is 16.8 Å². The predicted octanol–water partition coefficient (Wildman–Crippen LogP) is 3.87. The molecule has 4 N–H and O–H groups in total. The van der Waals surface area contributed by atoms with Gasteiger partial charge in [-0.25, -0.2) is 14.8 Å². The molecule has 12 heteroatoms. The first-order valence-electron chi connectivity index (χ1n) is 15.2. The Hall–Kier alpha value is -3.67. The molecule has 0 bridgehead atoms. The monoisotopic (exact) mass is 598 g/mol. The van der Waals surface area contributed by atoms with Crippen molar-refractivity contribution >= 4 is 23.7 Å². The normalized spacial score (nSPS) is 22.7. The van der Waals surface area contributed by atoms with E-state index in [-0.39, 0.29) is 53.8 Å². The maximum absolute atomic E-state index is 14.3. The van der Waals surface area contributed by atoms with E-state index in [4.69, 9.17) is 9.40 Å². The first-order chi connectivity index (χ1) is 20.3. The van der Waals surface area contributed by atoms with Gasteiger partial charge in [0.15, 0.2) is 0 Å². The number of aliphatic hydroxyl groups is 1. The minimum Gasteiger partial charge on any atom is -0.467 e. The third-order valence-corrected chi connectivity index (χ3v) is 8.08. The van der Waals surface area contributed by atoms with E-state index in [2.05, 4.69) is 15.6 Å². The second-order valence-corrected chi connectivity index (χ2v) is 13.3. The average molecular weight is 599 g/mol. The van der Waals surface area contributed by atoms with Crippen LogP contribution in [0.2, 0.25) is 0 Å². The Kier molecular flexibility index (Phi) is 10.3. The lowest BCUT2D eigenvalue weighted by Crippen LogP contribution is -2.60. The van der Waals surface area contributed by atoms with E-state index in [0.717, 1.165) is 0 Å². The van der Waals surface area contributed by atoms with Gasteiger partial charge in [-0.1, -0.05) is 34.6 Å². The maximum atomic E-state index is 14.3. The van der Waals surface area contributed by atoms with E-state index in [1.165, 1.54) is 4.90 Å². The Labute approximate surface area is 253 Å². The van der Waals surface area contributed by atoms with Crippen molar-refractivity contribution in [1.29, 1.82) is 0 Å². The van der Waals surface area contributed by atoms with Crippen molar-refractivity contribution in [1.82, 2.24) is 25.1 Å². The van der Waals surface area contributed by atoms with Gasteiger partial charge in [0.05, 0.1) is 25.0 Å². The van der Waals surface area contributed by atoms with Gasteiger partial charge in [0.1, 0.15) is 23.0 Å². The van der Waals surface area contributed by atoms with Crippen molar-refractivity contribution in [3.8, 4) is 0 Å². The fraction of sp³-hybridized carbons (Fsp3) is 0.645. The van der Waals surface area contributed by atoms with Crippen molar-refractivity contribution in [3.63, 3.8) is 0 Å². The van der Waals surface area contributed by atoms with Crippen LogP contribution in [0.1, 0.15) is 88.7 Å². The lowest BCUT2D eigenvalue weighted by Gasteiger charge is -2.43. The van der Waals surface area contributed by atoms with Crippen molar-refractivity contribution in [2.45, 2.75) is 96.9 Å². The van der Waals surface area contributed by atoms with Gasteiger partial charge in [0.25, 0.3) is 5.91 Å². The molecular formula is C31H46N6O6. The third kappa shape index (κ3) is 8.46. The summed E-state index contributed by atoms with van der Waals surface area (Å²) in [5, 5.41) is 26.1. The van der Waals surface area contributed by atoms with Crippen LogP contribution in [0.25, 0.3) is 0 Å². The number of hydrogen-bond donors (Lipinski definition) is 4. The lowest BCUT2D eigenvalue weighted by molar-refractivity contribution is -0.127. The molecule has 1 saturated heterocycles. The lowest BCUT2D eigenvalue weighted by atomic mass is 9.86. The summed E-state index contributed by atoms with van der Waals surface area (Å²) < 4.78 is 5.47. The average Bonchev–Trinajstić information content (AvgIpc) is 3.47. The molecule has 2 fully saturated rings. The van der Waals surface area contributed by atoms with Crippen LogP contribution in [0, 0.1) is 11.8 Å². The van der Waals surface area contributed by atoms with Crippen LogP contribution in [-0.4, -0.2) is 85.7 Å². The molecular weight excluding hydrogens is 552 g/mol. The first kappa shape index (κ1) is 32.2. The van der Waals surface area contributed by atoms with Crippen molar-refractivity contribution in [3.05, 3.63) is 41.7 Å². The summed E-state index contributed by atoms with van der Waals surface area (Å²) in [6.07, 6.45) is 4.43. The zero-order chi connectivity index (χ0) is 31.3. The van der Waals surface area contributed by atoms with Crippen LogP contribution in [0.5, 0.6) is 0 Å². The predicted molar refractivity (Wildman–Crippen MR) is 161 cm³/mol. The zero-order valence-electron chi connectivity index (χ0n) is 25.9. The van der Waals surface area contributed by atoms with Crippen molar-refractivity contribution in [2.24, 2.45) is 11.8 Å². The number of carbonyl (C=O) groups is 3. The molecule has 3 amide bonds. The molecule has 3 heterocycles. The number of likely N-dealkylation sites (tertiary alicyclic amines) is 1. The fourth-order valence-corrected chi connectivity index (χ4v) is 5.78. The van der Waals surface area contributed by atoms with Gasteiger partial charge < -0.3 is 35.1 Å². The van der Waals surface area contributed by atoms with Crippen LogP contribution in [0.4, 0.5) is 10.6 Å². The van der Waals surface area contributed by atoms with Crippen LogP contribution in [0.15, 0.2) is 29.0 Å². The summed E-state index contributed by atoms with van der Waals surface area (Å²) >= 11 is 0. The topological polar surface area (TPSA) is 161 Å². The van der Waals surface area contributed by atoms with E-state index >= 15 is 0 Å². The number of nitrogens with one attached hydrogen (secondary N) is 2. The van der Waals surface area contributed by atoms with Gasteiger partial charge in [-0.15, -0.1) is 0 Å². The van der Waals surface area contributed by atoms with Gasteiger partial charge in [0.2, 0.25) is 5.91 Å². The fourth-order valence-electron chi connectivity index (χ4n) is 5.78. The minimum absolute atomic E-state index is 0.0974. The highest BCUT2D eigenvalue weighted by molar-refractivity contribution is 5.98. The first-order valence-corrected chi connectivity index (χ1v) is 15.2. The van der Waals surface area contributed by atoms with Crippen molar-refractivity contribution < 1.29 is 29.0 Å². The van der Waals surface area contributed by atoms with Crippen LogP contribution < -0.4 is 10.6 Å². The summed E-state index contributed by atoms with van der Waals surface area (Å²) in [6, 6.07) is 2.70. The quantitative estimate of drug-likeness (QED) is 0.336. The molecule has 2 atom stereocenters. The highest BCUT2D eigenvalue weighted by atomic mass is 16.4. The molecule has 1 aliphatic carbocycles. The zero-order valence-corrected chi connectivity index (χ0v) is 25.9. The Morgan fingerprint density at radius 2 is 1.88 bits per heavy atom. The standard InChI is InChI=1S/C31H46N6O6/c1-19(2)16-37(22-13-21(17-36(18-22)30(41)42)34-27(39)20-8-10-23(38)11-9-20)28(40)25-15-33-29(31(3,4)5)35-26(25)32-14-24-7-6-12-43-24/h6-7,12,15,19-23,38H,8-11,13-14,16-18H2,1-5H3,(H,34,39)(H,41,42)(H,32,33,35)/t20?,21-,22+,23?/m1/s1. The Morgan fingerprint density at radius 1 is 1.16 bits per heavy atom. The molecule has 236 valence electrons. The molecule has 1 aliphatic heterocycles. The highest BCUT2D eigenvalue weighted by Crippen LogP contribution is 2.28. The number of hydrogen-bond acceptors (Lipinski definition) is 8. The van der Waals surface area contributed by atoms with E-state index in [0.29, 0.717) is 62.6 Å². The van der Waals surface area contributed by atoms with Gasteiger partial charge in [-0.2, -0.15) is 0 Å². The molecule has 12 nitrogen and oxygen atoms in total. The number of rotatable bonds is 9. The van der Waals surface area contributed by atoms with E-state index < -0.39 is 18.2 Å². The molecule has 4 rings (SSSR count). The van der Waals surface area contributed by atoms with Gasteiger partial charge in [-0.05, 0) is 50.2 Å². The summed E-state index contributed by atoms with van der Waals surface area (Å²) in [5.74, 6) is 1.10. The van der Waals surface area contributed by atoms with Gasteiger partial charge in [-0.3, -0.25) is 9.59 Å². The molecule has 1 saturated carbocycles. The molecule has 43 heavy (non-hydrogen) atoms. The molecule has 2 aromatic heterocycles. The number of piperidine rings is 1. The molecule has 2 aromatic rings. The number of furan rings is 1. The largest absolute Gasteiger partial charge is 0.467 e. The van der Waals surface area contributed by atoms with Crippen molar-refractivity contribution in [2.75, 3.05) is 25.0 Å². The van der Waals surface area contributed by atoms with Crippen LogP contribution in [0.3, 0.4) is 0 Å². The number of nitrogens with zero attached hydrogens (tertiary/aromatic N) is 4. The summed E-state index contributed by atoms with van der Waals surface area (Å²) in [6.45, 7) is 11.0. The number of amides is 3. The van der Waals surface area contributed by atoms with E-state index in [1.807, 2.05) is 40.7 Å². The second-order valence-electron chi connectivity index (χ2n) is 13.3. The SMILES string of the molecule is CC(C)CN(C(=O)c1cnc(C(C)(C)C)nc1NCc1ccco1)[C@H]1C[C@@H](NC(=O)C2CCC(O)CC2)CN(C(=O)O)C1. The van der Waals surface area contributed by atoms with Gasteiger partial charge >= 0.3 is 6.09 Å². The molecule has 0 aromatic carbocycles. The van der Waals surface area contributed by atoms with E-state index in [1.54, 1.807) is 23.4 Å². The number of anilines is 1. The summed E-state index contributed by atoms with van der Waals surface area (Å²) in [4.78, 5) is 51.9. The second kappa shape index (κ2) is 13.7. The molecule has 0 spiro atoms. The molecule has 2 aliphatic rings. The highest BCUT2D eigenvalue weighted by Gasteiger charge is 2.38. The van der Waals surface area contributed by atoms with E-state index in [9.17, 15) is 24.6 Å². The smallest absolute Gasteiger partial charge is 0.407 e. The Balaban J connectivity index is 1.60. The Morgan fingerprint density at radius 3 is 2.49 bits per heavy atom.